The Bertz CT molecular complexity index is 219. The first-order valence-electron chi connectivity index (χ1n) is 4.50. The van der Waals surface area contributed by atoms with Crippen LogP contribution in [0.25, 0.3) is 0 Å². The summed E-state index contributed by atoms with van der Waals surface area (Å²) in [5.74, 6) is -0.451. The fraction of sp³-hybridized carbons (Fsp3) is 0.778. The standard InChI is InChI=1S/C9H13ClO3/c1-2-13-8(12)9(7(10)11)5-3-4-6-9/h2-6H2,1H3. The summed E-state index contributed by atoms with van der Waals surface area (Å²) in [6, 6.07) is 0. The van der Waals surface area contributed by atoms with Crippen LogP contribution in [0, 0.1) is 5.41 Å². The zero-order valence-corrected chi connectivity index (χ0v) is 8.39. The third-order valence-electron chi connectivity index (χ3n) is 2.50. The smallest absolute Gasteiger partial charge is 0.320 e. The first-order chi connectivity index (χ1) is 6.13. The Labute approximate surface area is 82.4 Å². The van der Waals surface area contributed by atoms with Crippen LogP contribution in [-0.2, 0) is 14.3 Å². The highest BCUT2D eigenvalue weighted by molar-refractivity contribution is 6.66. The van der Waals surface area contributed by atoms with Gasteiger partial charge < -0.3 is 4.74 Å². The highest BCUT2D eigenvalue weighted by Crippen LogP contribution is 2.41. The van der Waals surface area contributed by atoms with E-state index in [2.05, 4.69) is 0 Å². The van der Waals surface area contributed by atoms with E-state index >= 15 is 0 Å². The first kappa shape index (κ1) is 10.5. The van der Waals surface area contributed by atoms with E-state index in [1.54, 1.807) is 6.92 Å². The van der Waals surface area contributed by atoms with Crippen molar-refractivity contribution in [2.24, 2.45) is 5.41 Å². The van der Waals surface area contributed by atoms with Crippen LogP contribution < -0.4 is 0 Å². The summed E-state index contributed by atoms with van der Waals surface area (Å²) in [5, 5.41) is -0.566. The first-order valence-corrected chi connectivity index (χ1v) is 4.88. The Balaban J connectivity index is 2.78. The SMILES string of the molecule is CCOC(=O)C1(C(=O)Cl)CCCC1. The molecule has 0 aliphatic heterocycles. The number of ether oxygens (including phenoxy) is 1. The summed E-state index contributed by atoms with van der Waals surface area (Å²) < 4.78 is 4.85. The average molecular weight is 205 g/mol. The Morgan fingerprint density at radius 3 is 2.31 bits per heavy atom. The predicted molar refractivity (Wildman–Crippen MR) is 48.4 cm³/mol. The Hall–Kier alpha value is -0.570. The van der Waals surface area contributed by atoms with Gasteiger partial charge in [0.05, 0.1) is 6.61 Å². The Kier molecular flexibility index (Phi) is 3.31. The summed E-state index contributed by atoms with van der Waals surface area (Å²) in [5.41, 5.74) is -1.03. The van der Waals surface area contributed by atoms with E-state index in [1.807, 2.05) is 0 Å². The van der Waals surface area contributed by atoms with Crippen LogP contribution in [0.15, 0.2) is 0 Å². The fourth-order valence-corrected chi connectivity index (χ4v) is 1.99. The van der Waals surface area contributed by atoms with Crippen molar-refractivity contribution in [2.75, 3.05) is 6.61 Å². The number of carbonyl (C=O) groups is 2. The van der Waals surface area contributed by atoms with Gasteiger partial charge >= 0.3 is 5.97 Å². The molecule has 1 rings (SSSR count). The fourth-order valence-electron chi connectivity index (χ4n) is 1.73. The molecule has 74 valence electrons. The third kappa shape index (κ3) is 1.85. The van der Waals surface area contributed by atoms with Crippen molar-refractivity contribution in [3.05, 3.63) is 0 Å². The van der Waals surface area contributed by atoms with E-state index in [4.69, 9.17) is 16.3 Å². The molecule has 0 atom stereocenters. The van der Waals surface area contributed by atoms with Crippen molar-refractivity contribution < 1.29 is 14.3 Å². The zero-order valence-electron chi connectivity index (χ0n) is 7.64. The summed E-state index contributed by atoms with van der Waals surface area (Å²) in [7, 11) is 0. The summed E-state index contributed by atoms with van der Waals surface area (Å²) in [6.45, 7) is 2.02. The minimum atomic E-state index is -1.03. The average Bonchev–Trinajstić information content (AvgIpc) is 2.53. The molecule has 0 N–H and O–H groups in total. The van der Waals surface area contributed by atoms with Gasteiger partial charge in [-0.05, 0) is 31.4 Å². The Morgan fingerprint density at radius 1 is 1.38 bits per heavy atom. The minimum absolute atomic E-state index is 0.296. The molecule has 0 radical (unpaired) electrons. The van der Waals surface area contributed by atoms with Crippen LogP contribution in [0.2, 0.25) is 0 Å². The molecule has 0 aromatic heterocycles. The molecule has 3 nitrogen and oxygen atoms in total. The summed E-state index contributed by atoms with van der Waals surface area (Å²) in [4.78, 5) is 22.6. The molecule has 0 saturated heterocycles. The van der Waals surface area contributed by atoms with Crippen molar-refractivity contribution >= 4 is 22.8 Å². The van der Waals surface area contributed by atoms with Crippen molar-refractivity contribution in [2.45, 2.75) is 32.6 Å². The van der Waals surface area contributed by atoms with Gasteiger partial charge in [-0.15, -0.1) is 0 Å². The van der Waals surface area contributed by atoms with Crippen molar-refractivity contribution in [3.8, 4) is 0 Å². The molecular formula is C9H13ClO3. The number of hydrogen-bond acceptors (Lipinski definition) is 3. The molecule has 1 fully saturated rings. The number of rotatable bonds is 3. The van der Waals surface area contributed by atoms with Gasteiger partial charge in [-0.3, -0.25) is 9.59 Å². The van der Waals surface area contributed by atoms with Crippen molar-refractivity contribution in [3.63, 3.8) is 0 Å². The van der Waals surface area contributed by atoms with E-state index in [-0.39, 0.29) is 0 Å². The maximum Gasteiger partial charge on any atom is 0.320 e. The van der Waals surface area contributed by atoms with Gasteiger partial charge in [0.1, 0.15) is 5.41 Å². The van der Waals surface area contributed by atoms with Crippen LogP contribution >= 0.6 is 11.6 Å². The molecule has 1 saturated carbocycles. The molecular weight excluding hydrogens is 192 g/mol. The van der Waals surface area contributed by atoms with Gasteiger partial charge in [-0.25, -0.2) is 0 Å². The van der Waals surface area contributed by atoms with E-state index in [9.17, 15) is 9.59 Å². The van der Waals surface area contributed by atoms with Crippen LogP contribution in [0.1, 0.15) is 32.6 Å². The minimum Gasteiger partial charge on any atom is -0.465 e. The molecule has 0 aromatic carbocycles. The molecule has 0 unspecified atom stereocenters. The molecule has 0 aromatic rings. The number of hydrogen-bond donors (Lipinski definition) is 0. The highest BCUT2D eigenvalue weighted by atomic mass is 35.5. The quantitative estimate of drug-likeness (QED) is 0.401. The largest absolute Gasteiger partial charge is 0.465 e. The van der Waals surface area contributed by atoms with Crippen molar-refractivity contribution in [1.29, 1.82) is 0 Å². The normalized spacial score (nSPS) is 19.8. The maximum absolute atomic E-state index is 11.5. The second-order valence-electron chi connectivity index (χ2n) is 3.28. The van der Waals surface area contributed by atoms with Crippen molar-refractivity contribution in [1.82, 2.24) is 0 Å². The predicted octanol–water partition coefficient (Wildman–Crippen LogP) is 1.88. The lowest BCUT2D eigenvalue weighted by Crippen LogP contribution is -2.35. The highest BCUT2D eigenvalue weighted by Gasteiger charge is 2.48. The van der Waals surface area contributed by atoms with Crippen LogP contribution in [0.4, 0.5) is 0 Å². The lowest BCUT2D eigenvalue weighted by molar-refractivity contribution is -0.157. The monoisotopic (exact) mass is 204 g/mol. The van der Waals surface area contributed by atoms with E-state index in [0.717, 1.165) is 12.8 Å². The lowest BCUT2D eigenvalue weighted by atomic mass is 9.88. The van der Waals surface area contributed by atoms with Gasteiger partial charge in [-0.2, -0.15) is 0 Å². The van der Waals surface area contributed by atoms with Crippen LogP contribution in [0.3, 0.4) is 0 Å². The van der Waals surface area contributed by atoms with E-state index in [0.29, 0.717) is 19.4 Å². The molecule has 0 spiro atoms. The Morgan fingerprint density at radius 2 is 1.92 bits per heavy atom. The lowest BCUT2D eigenvalue weighted by Gasteiger charge is -2.21. The third-order valence-corrected chi connectivity index (χ3v) is 2.86. The zero-order chi connectivity index (χ0) is 9.90. The molecule has 4 heteroatoms. The molecule has 1 aliphatic rings. The number of esters is 1. The van der Waals surface area contributed by atoms with E-state index < -0.39 is 16.6 Å². The second kappa shape index (κ2) is 4.09. The summed E-state index contributed by atoms with van der Waals surface area (Å²) in [6.07, 6.45) is 2.82. The van der Waals surface area contributed by atoms with Gasteiger partial charge in [0.2, 0.25) is 5.24 Å². The molecule has 0 amide bonds. The molecule has 0 bridgehead atoms. The van der Waals surface area contributed by atoms with Crippen LogP contribution in [0.5, 0.6) is 0 Å². The summed E-state index contributed by atoms with van der Waals surface area (Å²) >= 11 is 5.43. The number of carbonyl (C=O) groups excluding carboxylic acids is 2. The van der Waals surface area contributed by atoms with Crippen LogP contribution in [-0.4, -0.2) is 17.8 Å². The molecule has 0 heterocycles. The van der Waals surface area contributed by atoms with Gasteiger partial charge in [0.15, 0.2) is 0 Å². The second-order valence-corrected chi connectivity index (χ2v) is 3.63. The van der Waals surface area contributed by atoms with Gasteiger partial charge in [0.25, 0.3) is 0 Å². The number of halogens is 1. The van der Waals surface area contributed by atoms with Gasteiger partial charge in [-0.1, -0.05) is 12.8 Å². The van der Waals surface area contributed by atoms with E-state index in [1.165, 1.54) is 0 Å². The molecule has 13 heavy (non-hydrogen) atoms. The molecule has 1 aliphatic carbocycles. The topological polar surface area (TPSA) is 43.4 Å². The maximum atomic E-state index is 11.5. The van der Waals surface area contributed by atoms with Gasteiger partial charge in [0, 0.05) is 0 Å².